The van der Waals surface area contributed by atoms with Gasteiger partial charge in [-0.25, -0.2) is 19.2 Å². The Morgan fingerprint density at radius 2 is 1.54 bits per heavy atom. The lowest BCUT2D eigenvalue weighted by atomic mass is 9.95. The molecule has 0 spiro atoms. The maximum absolute atomic E-state index is 15.9. The second kappa shape index (κ2) is 13.9. The lowest BCUT2D eigenvalue weighted by Crippen LogP contribution is -2.66. The number of ether oxygens (including phenoxy) is 1. The van der Waals surface area contributed by atoms with Crippen molar-refractivity contribution in [1.29, 1.82) is 0 Å². The molecule has 266 valence electrons. The van der Waals surface area contributed by atoms with E-state index in [2.05, 4.69) is 86.1 Å². The minimum absolute atomic E-state index is 0.0208. The lowest BCUT2D eigenvalue weighted by Gasteiger charge is -2.43. The van der Waals surface area contributed by atoms with Gasteiger partial charge in [0, 0.05) is 48.3 Å². The number of pyridine rings is 2. The van der Waals surface area contributed by atoms with Gasteiger partial charge in [0.05, 0.1) is 12.1 Å². The second-order valence-electron chi connectivity index (χ2n) is 16.0. The molecule has 4 aromatic rings. The highest BCUT2D eigenvalue weighted by molar-refractivity contribution is 6.99. The number of anilines is 1. The Labute approximate surface area is 302 Å². The number of hydrogen-bond acceptors (Lipinski definition) is 6. The Morgan fingerprint density at radius 1 is 0.980 bits per heavy atom. The van der Waals surface area contributed by atoms with Gasteiger partial charge in [-0.05, 0) is 67.9 Å². The van der Waals surface area contributed by atoms with E-state index < -0.39 is 19.7 Å². The predicted molar refractivity (Wildman–Crippen MR) is 203 cm³/mol. The van der Waals surface area contributed by atoms with E-state index >= 15 is 4.39 Å². The topological polar surface area (TPSA) is 67.8 Å². The van der Waals surface area contributed by atoms with Crippen LogP contribution in [0.1, 0.15) is 84.9 Å². The van der Waals surface area contributed by atoms with Crippen LogP contribution in [-0.2, 0) is 9.16 Å². The normalized spacial score (nSPS) is 18.8. The number of aryl methyl sites for hydroxylation is 1. The minimum atomic E-state index is -2.72. The third-order valence-electron chi connectivity index (χ3n) is 10.3. The summed E-state index contributed by atoms with van der Waals surface area (Å²) in [6.45, 7) is 18.2. The van der Waals surface area contributed by atoms with Gasteiger partial charge in [-0.3, -0.25) is 4.90 Å². The molecule has 50 heavy (non-hydrogen) atoms. The van der Waals surface area contributed by atoms with E-state index in [0.29, 0.717) is 42.7 Å². The van der Waals surface area contributed by atoms with Crippen molar-refractivity contribution in [3.05, 3.63) is 89.1 Å². The van der Waals surface area contributed by atoms with Gasteiger partial charge in [-0.15, -0.1) is 0 Å². The number of fused-ring (bicyclic) bond motifs is 3. The molecule has 4 heterocycles. The molecule has 7 nitrogen and oxygen atoms in total. The Balaban J connectivity index is 1.32. The van der Waals surface area contributed by atoms with E-state index in [1.54, 1.807) is 6.20 Å². The molecule has 2 aliphatic rings. The van der Waals surface area contributed by atoms with Crippen LogP contribution in [0.4, 0.5) is 15.0 Å². The number of halogens is 2. The van der Waals surface area contributed by atoms with Crippen molar-refractivity contribution in [2.45, 2.75) is 103 Å². The van der Waals surface area contributed by atoms with Gasteiger partial charge in [-0.1, -0.05) is 100.0 Å². The summed E-state index contributed by atoms with van der Waals surface area (Å²) in [4.78, 5) is 26.8. The fourth-order valence-electron chi connectivity index (χ4n) is 8.08. The second-order valence-corrected chi connectivity index (χ2v) is 20.6. The molecule has 10 heteroatoms. The largest absolute Gasteiger partial charge is 0.444 e. The van der Waals surface area contributed by atoms with Crippen LogP contribution >= 0.6 is 11.6 Å². The number of rotatable bonds is 8. The number of carbonyl (C=O) groups excluding carboxylic acids is 1. The van der Waals surface area contributed by atoms with Crippen LogP contribution in [0, 0.1) is 12.7 Å². The highest BCUT2D eigenvalue weighted by atomic mass is 35.5. The minimum Gasteiger partial charge on any atom is -0.444 e. The molecular weight excluding hydrogens is 667 g/mol. The first-order valence-corrected chi connectivity index (χ1v) is 20.1. The number of piperazine rings is 1. The van der Waals surface area contributed by atoms with Gasteiger partial charge in [0.1, 0.15) is 11.4 Å². The van der Waals surface area contributed by atoms with Crippen LogP contribution < -0.4 is 15.3 Å². The highest BCUT2D eigenvalue weighted by Gasteiger charge is 2.50. The average Bonchev–Trinajstić information content (AvgIpc) is 3.33. The van der Waals surface area contributed by atoms with E-state index in [0.717, 1.165) is 24.1 Å². The van der Waals surface area contributed by atoms with Crippen molar-refractivity contribution >= 4 is 53.0 Å². The van der Waals surface area contributed by atoms with Gasteiger partial charge < -0.3 is 14.1 Å². The van der Waals surface area contributed by atoms with Crippen LogP contribution in [0.5, 0.6) is 0 Å². The molecule has 1 amide bonds. The number of amides is 1. The summed E-state index contributed by atoms with van der Waals surface area (Å²) < 4.78 is 28.9. The summed E-state index contributed by atoms with van der Waals surface area (Å²) in [5, 5.41) is 3.26. The summed E-state index contributed by atoms with van der Waals surface area (Å²) >= 11 is 6.29. The fraction of sp³-hybridized carbons (Fsp3) is 0.475. The first-order valence-electron chi connectivity index (χ1n) is 17.8. The van der Waals surface area contributed by atoms with Crippen molar-refractivity contribution in [2.24, 2.45) is 0 Å². The molecule has 2 aromatic heterocycles. The van der Waals surface area contributed by atoms with Crippen molar-refractivity contribution in [2.75, 3.05) is 24.6 Å². The highest BCUT2D eigenvalue weighted by Crippen LogP contribution is 2.41. The van der Waals surface area contributed by atoms with E-state index in [4.69, 9.17) is 25.7 Å². The molecular formula is C40H50ClFN4O3Si. The van der Waals surface area contributed by atoms with Gasteiger partial charge in [0.2, 0.25) is 0 Å². The fourth-order valence-corrected chi connectivity index (χ4v) is 12.8. The van der Waals surface area contributed by atoms with Crippen LogP contribution in [0.25, 0.3) is 10.8 Å². The summed E-state index contributed by atoms with van der Waals surface area (Å²) in [5.74, 6) is 0.115. The Hall–Kier alpha value is -3.53. The molecule has 2 aromatic carbocycles. The van der Waals surface area contributed by atoms with Gasteiger partial charge in [0.15, 0.2) is 11.0 Å². The SMILES string of the molecule is Cc1c(C(C)CCO[Si](c2ccccc2)(c2ccccc2)C(C)(C)C)nc(N2CC3CCC(C2)N3C(=O)OC(C)(C)C)c2cnc(Cl)c(F)c12. The number of benzene rings is 2. The number of carbonyl (C=O) groups is 1. The van der Waals surface area contributed by atoms with E-state index in [1.165, 1.54) is 10.4 Å². The van der Waals surface area contributed by atoms with Crippen LogP contribution in [-0.4, -0.2) is 66.7 Å². The quantitative estimate of drug-likeness (QED) is 0.135. The summed E-state index contributed by atoms with van der Waals surface area (Å²) in [6, 6.07) is 21.2. The predicted octanol–water partition coefficient (Wildman–Crippen LogP) is 8.39. The lowest BCUT2D eigenvalue weighted by molar-refractivity contribution is 0.0123. The van der Waals surface area contributed by atoms with Gasteiger partial charge in [0.25, 0.3) is 8.32 Å². The maximum atomic E-state index is 15.9. The number of nitrogens with zero attached hydrogens (tertiary/aromatic N) is 4. The van der Waals surface area contributed by atoms with Crippen LogP contribution in [0.15, 0.2) is 66.9 Å². The number of aromatic nitrogens is 2. The van der Waals surface area contributed by atoms with Crippen molar-refractivity contribution < 1.29 is 18.3 Å². The monoisotopic (exact) mass is 716 g/mol. The molecule has 0 N–H and O–H groups in total. The average molecular weight is 717 g/mol. The number of hydrogen-bond donors (Lipinski definition) is 0. The first kappa shape index (κ1) is 36.3. The molecule has 2 bridgehead atoms. The molecule has 2 fully saturated rings. The Morgan fingerprint density at radius 3 is 2.06 bits per heavy atom. The van der Waals surface area contributed by atoms with E-state index in [-0.39, 0.29) is 34.3 Å². The van der Waals surface area contributed by atoms with Crippen LogP contribution in [0.2, 0.25) is 10.2 Å². The molecule has 2 aliphatic heterocycles. The van der Waals surface area contributed by atoms with Gasteiger partial charge >= 0.3 is 6.09 Å². The summed E-state index contributed by atoms with van der Waals surface area (Å²) in [6.07, 6.45) is 3.82. The summed E-state index contributed by atoms with van der Waals surface area (Å²) in [7, 11) is -2.72. The third-order valence-corrected chi connectivity index (χ3v) is 15.6. The Bertz CT molecular complexity index is 1790. The Kier molecular flexibility index (Phi) is 10.1. The van der Waals surface area contributed by atoms with E-state index in [9.17, 15) is 4.79 Å². The zero-order valence-corrected chi connectivity index (χ0v) is 32.4. The molecule has 0 saturated carbocycles. The zero-order valence-electron chi connectivity index (χ0n) is 30.6. The molecule has 2 saturated heterocycles. The molecule has 0 radical (unpaired) electrons. The third kappa shape index (κ3) is 6.76. The standard InChI is InChI=1S/C40H50ClFN4O3Si/c1-26(21-22-48-50(40(6,7)8,30-15-11-9-12-16-30)31-17-13-10-14-18-31)35-27(2)33-32(23-43-36(41)34(33)42)37(44-35)45-24-28-19-20-29(25-45)46(28)38(47)49-39(3,4)5/h9-18,23,26,28-29H,19-22,24-25H2,1-8H3. The maximum Gasteiger partial charge on any atom is 0.410 e. The first-order chi connectivity index (χ1) is 23.6. The molecule has 3 atom stereocenters. The zero-order chi connectivity index (χ0) is 36.0. The van der Waals surface area contributed by atoms with Crippen molar-refractivity contribution in [1.82, 2.24) is 14.9 Å². The summed E-state index contributed by atoms with van der Waals surface area (Å²) in [5.41, 5.74) is 1.01. The van der Waals surface area contributed by atoms with Crippen molar-refractivity contribution in [3.8, 4) is 0 Å². The van der Waals surface area contributed by atoms with Gasteiger partial charge in [-0.2, -0.15) is 0 Å². The molecule has 3 unspecified atom stereocenters. The van der Waals surface area contributed by atoms with Crippen LogP contribution in [0.3, 0.4) is 0 Å². The smallest absolute Gasteiger partial charge is 0.410 e. The molecule has 0 aliphatic carbocycles. The van der Waals surface area contributed by atoms with E-state index in [1.807, 2.05) is 44.7 Å². The molecule has 6 rings (SSSR count). The van der Waals surface area contributed by atoms with Crippen molar-refractivity contribution in [3.63, 3.8) is 0 Å².